The Balaban J connectivity index is 2.57. The van der Waals surface area contributed by atoms with Crippen LogP contribution in [0.15, 0.2) is 24.5 Å². The molecule has 2 aromatic rings. The number of benzene rings is 1. The van der Waals surface area contributed by atoms with Crippen LogP contribution in [0.3, 0.4) is 0 Å². The molecule has 6 heteroatoms. The molecule has 0 spiro atoms. The summed E-state index contributed by atoms with van der Waals surface area (Å²) in [7, 11) is 0. The largest absolute Gasteiger partial charge is 0.199 e. The number of hydrogen-bond acceptors (Lipinski definition) is 3. The maximum atomic E-state index is 5.97. The first kappa shape index (κ1) is 8.89. The zero-order chi connectivity index (χ0) is 9.26. The summed E-state index contributed by atoms with van der Waals surface area (Å²) in [5.41, 5.74) is 0.790. The number of hydrogen-bond donors (Lipinski definition) is 0. The number of tetrazole rings is 1. The summed E-state index contributed by atoms with van der Waals surface area (Å²) >= 11 is 8.17. The second kappa shape index (κ2) is 3.59. The molecule has 0 N–H and O–H groups in total. The van der Waals surface area contributed by atoms with Crippen LogP contribution in [-0.2, 0) is 0 Å². The van der Waals surface area contributed by atoms with E-state index < -0.39 is 0 Å². The van der Waals surface area contributed by atoms with Crippen LogP contribution in [0.2, 0.25) is 5.02 Å². The molecule has 0 aliphatic rings. The Bertz CT molecular complexity index is 414. The molecular formula is C7H4ClIN4. The third-order valence-electron chi connectivity index (χ3n) is 1.50. The van der Waals surface area contributed by atoms with Crippen LogP contribution in [0.1, 0.15) is 0 Å². The summed E-state index contributed by atoms with van der Waals surface area (Å²) in [6.45, 7) is 0. The molecule has 0 atom stereocenters. The monoisotopic (exact) mass is 306 g/mol. The van der Waals surface area contributed by atoms with Gasteiger partial charge < -0.3 is 0 Å². The van der Waals surface area contributed by atoms with E-state index in [9.17, 15) is 0 Å². The van der Waals surface area contributed by atoms with Crippen molar-refractivity contribution < 1.29 is 0 Å². The van der Waals surface area contributed by atoms with Crippen molar-refractivity contribution >= 4 is 34.2 Å². The van der Waals surface area contributed by atoms with Crippen LogP contribution in [-0.4, -0.2) is 20.2 Å². The van der Waals surface area contributed by atoms with Gasteiger partial charge in [0.25, 0.3) is 0 Å². The van der Waals surface area contributed by atoms with E-state index in [1.807, 2.05) is 18.2 Å². The second-order valence-corrected chi connectivity index (χ2v) is 4.00. The van der Waals surface area contributed by atoms with Crippen molar-refractivity contribution in [2.75, 3.05) is 0 Å². The lowest BCUT2D eigenvalue weighted by molar-refractivity contribution is 0.789. The summed E-state index contributed by atoms with van der Waals surface area (Å²) in [6, 6.07) is 5.66. The fourth-order valence-electron chi connectivity index (χ4n) is 0.933. The van der Waals surface area contributed by atoms with Gasteiger partial charge in [0.1, 0.15) is 6.33 Å². The number of aromatic nitrogens is 4. The van der Waals surface area contributed by atoms with Crippen LogP contribution >= 0.6 is 34.2 Å². The smallest absolute Gasteiger partial charge is 0.143 e. The quantitative estimate of drug-likeness (QED) is 0.756. The van der Waals surface area contributed by atoms with Gasteiger partial charge in [-0.05, 0) is 51.2 Å². The van der Waals surface area contributed by atoms with Gasteiger partial charge in [0.05, 0.1) is 10.7 Å². The van der Waals surface area contributed by atoms with Gasteiger partial charge in [-0.3, -0.25) is 0 Å². The third-order valence-corrected chi connectivity index (χ3v) is 2.49. The maximum absolute atomic E-state index is 5.97. The van der Waals surface area contributed by atoms with E-state index in [4.69, 9.17) is 11.6 Å². The average Bonchev–Trinajstić information content (AvgIpc) is 2.61. The van der Waals surface area contributed by atoms with Crippen molar-refractivity contribution in [3.63, 3.8) is 0 Å². The van der Waals surface area contributed by atoms with Gasteiger partial charge in [-0.2, -0.15) is 4.68 Å². The number of nitrogens with zero attached hydrogens (tertiary/aromatic N) is 4. The highest BCUT2D eigenvalue weighted by Gasteiger charge is 2.03. The molecule has 1 aromatic heterocycles. The highest BCUT2D eigenvalue weighted by molar-refractivity contribution is 14.1. The molecule has 1 aromatic carbocycles. The molecule has 0 aliphatic carbocycles. The molecule has 13 heavy (non-hydrogen) atoms. The molecule has 1 heterocycles. The number of rotatable bonds is 1. The minimum absolute atomic E-state index is 0.632. The van der Waals surface area contributed by atoms with Crippen LogP contribution < -0.4 is 0 Å². The topological polar surface area (TPSA) is 43.6 Å². The molecule has 0 radical (unpaired) electrons. The van der Waals surface area contributed by atoms with Crippen molar-refractivity contribution in [2.24, 2.45) is 0 Å². The fourth-order valence-corrected chi connectivity index (χ4v) is 1.61. The van der Waals surface area contributed by atoms with E-state index in [0.29, 0.717) is 5.02 Å². The molecule has 0 unspecified atom stereocenters. The van der Waals surface area contributed by atoms with Gasteiger partial charge in [-0.1, -0.05) is 11.6 Å². The molecular weight excluding hydrogens is 302 g/mol. The summed E-state index contributed by atoms with van der Waals surface area (Å²) in [5, 5.41) is 11.5. The molecule has 0 saturated heterocycles. The summed E-state index contributed by atoms with van der Waals surface area (Å²) < 4.78 is 2.62. The zero-order valence-electron chi connectivity index (χ0n) is 6.35. The minimum atomic E-state index is 0.632. The Morgan fingerprint density at radius 3 is 2.92 bits per heavy atom. The van der Waals surface area contributed by atoms with Gasteiger partial charge >= 0.3 is 0 Å². The zero-order valence-corrected chi connectivity index (χ0v) is 9.27. The van der Waals surface area contributed by atoms with E-state index in [1.165, 1.54) is 11.0 Å². The molecule has 2 rings (SSSR count). The molecule has 0 aliphatic heterocycles. The van der Waals surface area contributed by atoms with E-state index in [-0.39, 0.29) is 0 Å². The average molecular weight is 306 g/mol. The summed E-state index contributed by atoms with van der Waals surface area (Å²) in [4.78, 5) is 0. The lowest BCUT2D eigenvalue weighted by Gasteiger charge is -2.01. The first-order chi connectivity index (χ1) is 6.27. The predicted molar refractivity (Wildman–Crippen MR) is 56.9 cm³/mol. The lowest BCUT2D eigenvalue weighted by atomic mass is 10.3. The SMILES string of the molecule is Clc1ccc(I)cc1-n1cnnn1. The van der Waals surface area contributed by atoms with Gasteiger partial charge in [0.15, 0.2) is 0 Å². The molecule has 66 valence electrons. The van der Waals surface area contributed by atoms with Crippen LogP contribution in [0, 0.1) is 3.57 Å². The highest BCUT2D eigenvalue weighted by Crippen LogP contribution is 2.21. The van der Waals surface area contributed by atoms with Crippen molar-refractivity contribution in [3.05, 3.63) is 33.1 Å². The molecule has 0 saturated carbocycles. The normalized spacial score (nSPS) is 10.3. The highest BCUT2D eigenvalue weighted by atomic mass is 127. The Morgan fingerprint density at radius 1 is 1.38 bits per heavy atom. The lowest BCUT2D eigenvalue weighted by Crippen LogP contribution is -1.96. The van der Waals surface area contributed by atoms with E-state index in [0.717, 1.165) is 9.26 Å². The van der Waals surface area contributed by atoms with Crippen molar-refractivity contribution in [2.45, 2.75) is 0 Å². The molecule has 0 fully saturated rings. The van der Waals surface area contributed by atoms with Crippen LogP contribution in [0.25, 0.3) is 5.69 Å². The summed E-state index contributed by atoms with van der Waals surface area (Å²) in [5.74, 6) is 0. The maximum Gasteiger partial charge on any atom is 0.143 e. The second-order valence-electron chi connectivity index (χ2n) is 2.35. The first-order valence-electron chi connectivity index (χ1n) is 3.46. The van der Waals surface area contributed by atoms with Gasteiger partial charge in [0, 0.05) is 3.57 Å². The number of halogens is 2. The fraction of sp³-hybridized carbons (Fsp3) is 0. The Labute approximate surface area is 93.0 Å². The first-order valence-corrected chi connectivity index (χ1v) is 4.91. The molecule has 0 amide bonds. The van der Waals surface area contributed by atoms with Crippen molar-refractivity contribution in [3.8, 4) is 5.69 Å². The summed E-state index contributed by atoms with van der Waals surface area (Å²) in [6.07, 6.45) is 1.51. The van der Waals surface area contributed by atoms with Gasteiger partial charge in [-0.25, -0.2) is 0 Å². The Morgan fingerprint density at radius 2 is 2.23 bits per heavy atom. The van der Waals surface area contributed by atoms with Gasteiger partial charge in [-0.15, -0.1) is 5.10 Å². The third kappa shape index (κ3) is 1.80. The molecule has 4 nitrogen and oxygen atoms in total. The van der Waals surface area contributed by atoms with Crippen molar-refractivity contribution in [1.29, 1.82) is 0 Å². The van der Waals surface area contributed by atoms with Crippen molar-refractivity contribution in [1.82, 2.24) is 20.2 Å². The van der Waals surface area contributed by atoms with E-state index >= 15 is 0 Å². The van der Waals surface area contributed by atoms with E-state index in [2.05, 4.69) is 38.1 Å². The Kier molecular flexibility index (Phi) is 2.45. The minimum Gasteiger partial charge on any atom is -0.199 e. The van der Waals surface area contributed by atoms with Crippen LogP contribution in [0.5, 0.6) is 0 Å². The van der Waals surface area contributed by atoms with Crippen LogP contribution in [0.4, 0.5) is 0 Å². The standard InChI is InChI=1S/C7H4ClIN4/c8-6-2-1-5(9)3-7(6)13-4-10-11-12-13/h1-4H. The van der Waals surface area contributed by atoms with E-state index in [1.54, 1.807) is 0 Å². The van der Waals surface area contributed by atoms with Gasteiger partial charge in [0.2, 0.25) is 0 Å². The molecule has 0 bridgehead atoms. The Hall–Kier alpha value is -0.690. The predicted octanol–water partition coefficient (Wildman–Crippen LogP) is 1.92.